The topological polar surface area (TPSA) is 89.8 Å². The third kappa shape index (κ3) is 4.02. The second-order valence-corrected chi connectivity index (χ2v) is 6.77. The molecule has 4 aromatic rings. The van der Waals surface area contributed by atoms with Gasteiger partial charge in [-0.1, -0.05) is 30.3 Å². The number of benzene rings is 1. The minimum atomic E-state index is -0.369. The van der Waals surface area contributed by atoms with E-state index in [4.69, 9.17) is 0 Å². The summed E-state index contributed by atoms with van der Waals surface area (Å²) in [7, 11) is 0. The van der Waals surface area contributed by atoms with Gasteiger partial charge in [-0.25, -0.2) is 9.67 Å². The zero-order chi connectivity index (χ0) is 19.3. The Balaban J connectivity index is 1.49. The molecule has 138 valence electrons. The first-order valence-electron chi connectivity index (χ1n) is 8.48. The highest BCUT2D eigenvalue weighted by Gasteiger charge is 2.11. The number of nitrogens with zero attached hydrogens (tertiary/aromatic N) is 4. The fourth-order valence-corrected chi connectivity index (χ4v) is 3.33. The number of thiazole rings is 1. The molecule has 0 aliphatic carbocycles. The van der Waals surface area contributed by atoms with E-state index in [9.17, 15) is 9.59 Å². The van der Waals surface area contributed by atoms with Crippen molar-refractivity contribution in [2.75, 3.05) is 5.32 Å². The van der Waals surface area contributed by atoms with Crippen LogP contribution in [0.15, 0.2) is 77.2 Å². The van der Waals surface area contributed by atoms with Crippen LogP contribution in [0.25, 0.3) is 22.5 Å². The third-order valence-corrected chi connectivity index (χ3v) is 4.70. The summed E-state index contributed by atoms with van der Waals surface area (Å²) in [6, 6.07) is 16.2. The average Bonchev–Trinajstić information content (AvgIpc) is 3.19. The summed E-state index contributed by atoms with van der Waals surface area (Å²) in [4.78, 5) is 32.9. The largest absolute Gasteiger partial charge is 0.300 e. The van der Waals surface area contributed by atoms with E-state index in [0.29, 0.717) is 10.8 Å². The van der Waals surface area contributed by atoms with Crippen molar-refractivity contribution in [3.63, 3.8) is 0 Å². The Morgan fingerprint density at radius 3 is 2.61 bits per heavy atom. The first-order valence-corrected chi connectivity index (χ1v) is 9.36. The van der Waals surface area contributed by atoms with Gasteiger partial charge in [-0.3, -0.25) is 14.6 Å². The zero-order valence-corrected chi connectivity index (χ0v) is 15.5. The van der Waals surface area contributed by atoms with E-state index in [1.54, 1.807) is 18.5 Å². The predicted octanol–water partition coefficient (Wildman–Crippen LogP) is 3.07. The van der Waals surface area contributed by atoms with E-state index < -0.39 is 0 Å². The molecule has 0 fully saturated rings. The molecule has 8 heteroatoms. The standard InChI is InChI=1S/C20H15N5O2S/c26-18(23-20-22-17(13-28-20)15-7-4-10-21-11-15)12-25-19(27)9-8-16(24-25)14-5-2-1-3-6-14/h1-11,13H,12H2,(H,22,23,26). The number of aromatic nitrogens is 4. The van der Waals surface area contributed by atoms with Crippen LogP contribution in [0.3, 0.4) is 0 Å². The van der Waals surface area contributed by atoms with Gasteiger partial charge in [-0.2, -0.15) is 5.10 Å². The average molecular weight is 389 g/mol. The predicted molar refractivity (Wildman–Crippen MR) is 108 cm³/mol. The van der Waals surface area contributed by atoms with Crippen molar-refractivity contribution in [3.8, 4) is 22.5 Å². The number of amides is 1. The number of rotatable bonds is 5. The van der Waals surface area contributed by atoms with Gasteiger partial charge >= 0.3 is 0 Å². The van der Waals surface area contributed by atoms with Crippen LogP contribution in [0.4, 0.5) is 5.13 Å². The molecule has 28 heavy (non-hydrogen) atoms. The molecule has 3 aromatic heterocycles. The van der Waals surface area contributed by atoms with E-state index in [-0.39, 0.29) is 18.0 Å². The SMILES string of the molecule is O=C(Cn1nc(-c2ccccc2)ccc1=O)Nc1nc(-c2cccnc2)cs1. The summed E-state index contributed by atoms with van der Waals surface area (Å²) in [6.07, 6.45) is 3.39. The summed E-state index contributed by atoms with van der Waals surface area (Å²) < 4.78 is 1.15. The molecule has 0 atom stereocenters. The fourth-order valence-electron chi connectivity index (χ4n) is 2.60. The molecule has 0 aliphatic heterocycles. The lowest BCUT2D eigenvalue weighted by Gasteiger charge is -2.07. The van der Waals surface area contributed by atoms with Gasteiger partial charge in [-0.15, -0.1) is 11.3 Å². The molecular weight excluding hydrogens is 374 g/mol. The number of hydrogen-bond donors (Lipinski definition) is 1. The Hall–Kier alpha value is -3.65. The van der Waals surface area contributed by atoms with Crippen LogP contribution >= 0.6 is 11.3 Å². The van der Waals surface area contributed by atoms with Crippen LogP contribution in [0, 0.1) is 0 Å². The molecule has 1 aromatic carbocycles. The first kappa shape index (κ1) is 17.7. The summed E-state index contributed by atoms with van der Waals surface area (Å²) >= 11 is 1.31. The van der Waals surface area contributed by atoms with Gasteiger partial charge in [0.2, 0.25) is 5.91 Å². The van der Waals surface area contributed by atoms with Crippen LogP contribution < -0.4 is 10.9 Å². The fraction of sp³-hybridized carbons (Fsp3) is 0.0500. The Bertz CT molecular complexity index is 1160. The zero-order valence-electron chi connectivity index (χ0n) is 14.6. The van der Waals surface area contributed by atoms with Crippen LogP contribution in [-0.4, -0.2) is 25.7 Å². The number of nitrogens with one attached hydrogen (secondary N) is 1. The number of carbonyl (C=O) groups is 1. The Morgan fingerprint density at radius 1 is 1.00 bits per heavy atom. The van der Waals surface area contributed by atoms with Crippen molar-refractivity contribution >= 4 is 22.4 Å². The van der Waals surface area contributed by atoms with Crippen LogP contribution in [0.2, 0.25) is 0 Å². The molecule has 0 saturated carbocycles. The van der Waals surface area contributed by atoms with Crippen molar-refractivity contribution in [1.82, 2.24) is 19.7 Å². The highest BCUT2D eigenvalue weighted by atomic mass is 32.1. The van der Waals surface area contributed by atoms with Crippen molar-refractivity contribution in [2.45, 2.75) is 6.54 Å². The van der Waals surface area contributed by atoms with E-state index in [1.165, 1.54) is 17.4 Å². The maximum Gasteiger partial charge on any atom is 0.267 e. The molecule has 4 rings (SSSR count). The minimum absolute atomic E-state index is 0.193. The molecule has 0 unspecified atom stereocenters. The third-order valence-electron chi connectivity index (χ3n) is 3.94. The molecule has 1 amide bonds. The highest BCUT2D eigenvalue weighted by molar-refractivity contribution is 7.14. The molecule has 3 heterocycles. The van der Waals surface area contributed by atoms with Crippen LogP contribution in [-0.2, 0) is 11.3 Å². The van der Waals surface area contributed by atoms with Gasteiger partial charge in [0.05, 0.1) is 11.4 Å². The van der Waals surface area contributed by atoms with E-state index in [2.05, 4.69) is 20.4 Å². The summed E-state index contributed by atoms with van der Waals surface area (Å²) in [5, 5.41) is 9.31. The maximum absolute atomic E-state index is 12.4. The second kappa shape index (κ2) is 7.93. The maximum atomic E-state index is 12.4. The lowest BCUT2D eigenvalue weighted by molar-refractivity contribution is -0.117. The van der Waals surface area contributed by atoms with Crippen LogP contribution in [0.1, 0.15) is 0 Å². The van der Waals surface area contributed by atoms with Crippen molar-refractivity contribution < 1.29 is 4.79 Å². The van der Waals surface area contributed by atoms with Crippen molar-refractivity contribution in [1.29, 1.82) is 0 Å². The Labute approximate surface area is 164 Å². The van der Waals surface area contributed by atoms with E-state index in [0.717, 1.165) is 21.5 Å². The van der Waals surface area contributed by atoms with E-state index >= 15 is 0 Å². The smallest absolute Gasteiger partial charge is 0.267 e. The van der Waals surface area contributed by atoms with E-state index in [1.807, 2.05) is 47.8 Å². The first-order chi connectivity index (χ1) is 13.7. The molecule has 0 spiro atoms. The highest BCUT2D eigenvalue weighted by Crippen LogP contribution is 2.24. The van der Waals surface area contributed by atoms with Crippen molar-refractivity contribution in [3.05, 3.63) is 82.7 Å². The quantitative estimate of drug-likeness (QED) is 0.567. The normalized spacial score (nSPS) is 10.6. The van der Waals surface area contributed by atoms with Gasteiger partial charge in [0.25, 0.3) is 5.56 Å². The molecular formula is C20H15N5O2S. The molecule has 7 nitrogen and oxygen atoms in total. The lowest BCUT2D eigenvalue weighted by atomic mass is 10.1. The number of hydrogen-bond acceptors (Lipinski definition) is 6. The molecule has 0 aliphatic rings. The van der Waals surface area contributed by atoms with Gasteiger partial charge in [0.1, 0.15) is 6.54 Å². The van der Waals surface area contributed by atoms with Gasteiger partial charge in [0, 0.05) is 35.0 Å². The lowest BCUT2D eigenvalue weighted by Crippen LogP contribution is -2.29. The summed E-state index contributed by atoms with van der Waals surface area (Å²) in [5.74, 6) is -0.369. The van der Waals surface area contributed by atoms with Crippen LogP contribution in [0.5, 0.6) is 0 Å². The van der Waals surface area contributed by atoms with Gasteiger partial charge in [-0.05, 0) is 18.2 Å². The second-order valence-electron chi connectivity index (χ2n) is 5.91. The molecule has 0 bridgehead atoms. The van der Waals surface area contributed by atoms with Gasteiger partial charge in [0.15, 0.2) is 5.13 Å². The number of pyridine rings is 1. The number of anilines is 1. The Kier molecular flexibility index (Phi) is 5.03. The molecule has 1 N–H and O–H groups in total. The molecule has 0 radical (unpaired) electrons. The molecule has 0 saturated heterocycles. The summed E-state index contributed by atoms with van der Waals surface area (Å²) in [6.45, 7) is -0.193. The van der Waals surface area contributed by atoms with Gasteiger partial charge < -0.3 is 5.32 Å². The summed E-state index contributed by atoms with van der Waals surface area (Å²) in [5.41, 5.74) is 2.76. The minimum Gasteiger partial charge on any atom is -0.300 e. The monoisotopic (exact) mass is 389 g/mol. The Morgan fingerprint density at radius 2 is 1.82 bits per heavy atom. The van der Waals surface area contributed by atoms with Crippen molar-refractivity contribution in [2.24, 2.45) is 0 Å². The number of carbonyl (C=O) groups excluding carboxylic acids is 1.